The molecule has 0 aliphatic heterocycles. The van der Waals surface area contributed by atoms with Crippen molar-refractivity contribution in [1.29, 1.82) is 0 Å². The molecule has 0 radical (unpaired) electrons. The Kier molecular flexibility index (Phi) is 7.02. The highest BCUT2D eigenvalue weighted by Crippen LogP contribution is 2.31. The number of carbonyl (C=O) groups excluding carboxylic acids is 1. The predicted molar refractivity (Wildman–Crippen MR) is 103 cm³/mol. The third kappa shape index (κ3) is 4.99. The van der Waals surface area contributed by atoms with E-state index in [0.717, 1.165) is 12.8 Å². The zero-order valence-corrected chi connectivity index (χ0v) is 15.3. The van der Waals surface area contributed by atoms with E-state index in [2.05, 4.69) is 10.3 Å². The van der Waals surface area contributed by atoms with E-state index in [9.17, 15) is 9.90 Å². The van der Waals surface area contributed by atoms with Gasteiger partial charge < -0.3 is 19.9 Å². The van der Waals surface area contributed by atoms with Crippen LogP contribution in [0.5, 0.6) is 17.2 Å². The second kappa shape index (κ2) is 9.46. The number of aromatic hydroxyl groups is 1. The monoisotopic (exact) mass is 356 g/mol. The summed E-state index contributed by atoms with van der Waals surface area (Å²) in [6.45, 7) is 2.04. The number of benzene rings is 2. The average molecular weight is 356 g/mol. The van der Waals surface area contributed by atoms with Crippen molar-refractivity contribution in [3.63, 3.8) is 0 Å². The minimum absolute atomic E-state index is 0.0329. The van der Waals surface area contributed by atoms with Gasteiger partial charge in [-0.05, 0) is 30.7 Å². The molecule has 2 rings (SSSR count). The summed E-state index contributed by atoms with van der Waals surface area (Å²) in [7, 11) is 3.03. The largest absolute Gasteiger partial charge is 0.504 e. The number of nitrogens with zero attached hydrogens (tertiary/aromatic N) is 1. The number of methoxy groups -OCH3 is 2. The van der Waals surface area contributed by atoms with Crippen LogP contribution in [0.1, 0.15) is 31.7 Å². The fourth-order valence-electron chi connectivity index (χ4n) is 2.37. The van der Waals surface area contributed by atoms with Gasteiger partial charge in [0.1, 0.15) is 5.75 Å². The summed E-state index contributed by atoms with van der Waals surface area (Å²) >= 11 is 0. The number of hydrogen-bond donors (Lipinski definition) is 2. The van der Waals surface area contributed by atoms with E-state index in [1.165, 1.54) is 7.11 Å². The number of anilines is 1. The van der Waals surface area contributed by atoms with Gasteiger partial charge in [0.15, 0.2) is 11.5 Å². The molecule has 0 aliphatic rings. The van der Waals surface area contributed by atoms with Crippen molar-refractivity contribution in [3.05, 3.63) is 42.0 Å². The predicted octanol–water partition coefficient (Wildman–Crippen LogP) is 4.29. The van der Waals surface area contributed by atoms with E-state index in [4.69, 9.17) is 9.47 Å². The zero-order chi connectivity index (χ0) is 18.9. The Hall–Kier alpha value is -3.02. The standard InChI is InChI=1S/C20H24N2O4/c1-4-5-9-19(23)22-16-11-10-15(12-18(16)26-3)21-13-14-7-6-8-17(25-2)20(14)24/h6-8,10-13,24H,4-5,9H2,1-3H3,(H,22,23). The maximum Gasteiger partial charge on any atom is 0.224 e. The summed E-state index contributed by atoms with van der Waals surface area (Å²) in [5.74, 6) is 0.907. The summed E-state index contributed by atoms with van der Waals surface area (Å²) < 4.78 is 10.4. The first-order valence-electron chi connectivity index (χ1n) is 8.47. The molecule has 0 aromatic heterocycles. The molecule has 0 heterocycles. The molecule has 1 amide bonds. The van der Waals surface area contributed by atoms with Gasteiger partial charge in [-0.3, -0.25) is 9.79 Å². The van der Waals surface area contributed by atoms with Crippen molar-refractivity contribution in [2.75, 3.05) is 19.5 Å². The molecule has 6 heteroatoms. The molecule has 2 N–H and O–H groups in total. The van der Waals surface area contributed by atoms with Crippen LogP contribution in [0.3, 0.4) is 0 Å². The van der Waals surface area contributed by atoms with Crippen LogP contribution < -0.4 is 14.8 Å². The van der Waals surface area contributed by atoms with E-state index >= 15 is 0 Å². The summed E-state index contributed by atoms with van der Waals surface area (Å²) in [4.78, 5) is 16.3. The van der Waals surface area contributed by atoms with E-state index in [1.54, 1.807) is 49.7 Å². The van der Waals surface area contributed by atoms with Crippen molar-refractivity contribution >= 4 is 23.5 Å². The lowest BCUT2D eigenvalue weighted by molar-refractivity contribution is -0.116. The maximum atomic E-state index is 11.9. The molecule has 0 saturated heterocycles. The van der Waals surface area contributed by atoms with Gasteiger partial charge in [-0.2, -0.15) is 0 Å². The Bertz CT molecular complexity index is 787. The SMILES string of the molecule is CCCCC(=O)Nc1ccc(N=Cc2cccc(OC)c2O)cc1OC. The number of nitrogens with one attached hydrogen (secondary N) is 1. The molecular formula is C20H24N2O4. The number of para-hydroxylation sites is 1. The third-order valence-corrected chi connectivity index (χ3v) is 3.82. The molecule has 2 aromatic rings. The third-order valence-electron chi connectivity index (χ3n) is 3.82. The van der Waals surface area contributed by atoms with Crippen molar-refractivity contribution in [3.8, 4) is 17.2 Å². The zero-order valence-electron chi connectivity index (χ0n) is 15.3. The molecule has 0 bridgehead atoms. The highest BCUT2D eigenvalue weighted by molar-refractivity contribution is 5.93. The van der Waals surface area contributed by atoms with Gasteiger partial charge in [-0.1, -0.05) is 19.4 Å². The van der Waals surface area contributed by atoms with Gasteiger partial charge in [0.25, 0.3) is 0 Å². The number of carbonyl (C=O) groups is 1. The Morgan fingerprint density at radius 3 is 2.65 bits per heavy atom. The second-order valence-corrected chi connectivity index (χ2v) is 5.69. The maximum absolute atomic E-state index is 11.9. The Balaban J connectivity index is 2.17. The molecule has 0 aliphatic carbocycles. The Morgan fingerprint density at radius 2 is 1.96 bits per heavy atom. The number of aliphatic imine (C=N–C) groups is 1. The number of phenolic OH excluding ortho intramolecular Hbond substituents is 1. The van der Waals surface area contributed by atoms with Gasteiger partial charge in [-0.25, -0.2) is 0 Å². The molecule has 138 valence electrons. The van der Waals surface area contributed by atoms with E-state index in [0.29, 0.717) is 34.9 Å². The lowest BCUT2D eigenvalue weighted by Crippen LogP contribution is -2.11. The molecule has 0 spiro atoms. The molecule has 0 atom stereocenters. The summed E-state index contributed by atoms with van der Waals surface area (Å²) in [5, 5.41) is 12.9. The van der Waals surface area contributed by atoms with Crippen molar-refractivity contribution < 1.29 is 19.4 Å². The van der Waals surface area contributed by atoms with Gasteiger partial charge in [0.05, 0.1) is 25.6 Å². The summed E-state index contributed by atoms with van der Waals surface area (Å²) in [6, 6.07) is 10.4. The van der Waals surface area contributed by atoms with Crippen LogP contribution in [0.4, 0.5) is 11.4 Å². The fraction of sp³-hybridized carbons (Fsp3) is 0.300. The Labute approximate surface area is 153 Å². The highest BCUT2D eigenvalue weighted by Gasteiger charge is 2.09. The topological polar surface area (TPSA) is 80.2 Å². The highest BCUT2D eigenvalue weighted by atomic mass is 16.5. The fourth-order valence-corrected chi connectivity index (χ4v) is 2.37. The van der Waals surface area contributed by atoms with Crippen LogP contribution in [0.25, 0.3) is 0 Å². The van der Waals surface area contributed by atoms with Crippen molar-refractivity contribution in [1.82, 2.24) is 0 Å². The number of hydrogen-bond acceptors (Lipinski definition) is 5. The van der Waals surface area contributed by atoms with Gasteiger partial charge in [-0.15, -0.1) is 0 Å². The average Bonchev–Trinajstić information content (AvgIpc) is 2.66. The minimum Gasteiger partial charge on any atom is -0.504 e. The smallest absolute Gasteiger partial charge is 0.224 e. The van der Waals surface area contributed by atoms with Gasteiger partial charge >= 0.3 is 0 Å². The van der Waals surface area contributed by atoms with Crippen molar-refractivity contribution in [2.45, 2.75) is 26.2 Å². The molecule has 0 fully saturated rings. The van der Waals surface area contributed by atoms with Crippen LogP contribution >= 0.6 is 0 Å². The first-order chi connectivity index (χ1) is 12.6. The van der Waals surface area contributed by atoms with E-state index in [1.807, 2.05) is 6.92 Å². The van der Waals surface area contributed by atoms with Gasteiger partial charge in [0, 0.05) is 24.3 Å². The number of unbranched alkanes of at least 4 members (excludes halogenated alkanes) is 1. The molecular weight excluding hydrogens is 332 g/mol. The molecule has 6 nitrogen and oxygen atoms in total. The quantitative estimate of drug-likeness (QED) is 0.692. The van der Waals surface area contributed by atoms with Crippen LogP contribution in [0.2, 0.25) is 0 Å². The number of ether oxygens (including phenoxy) is 2. The normalized spacial score (nSPS) is 10.7. The second-order valence-electron chi connectivity index (χ2n) is 5.69. The summed E-state index contributed by atoms with van der Waals surface area (Å²) in [6.07, 6.45) is 3.84. The van der Waals surface area contributed by atoms with Crippen LogP contribution in [0.15, 0.2) is 41.4 Å². The van der Waals surface area contributed by atoms with Crippen LogP contribution in [0, 0.1) is 0 Å². The lowest BCUT2D eigenvalue weighted by atomic mass is 10.2. The first-order valence-corrected chi connectivity index (χ1v) is 8.47. The first kappa shape index (κ1) is 19.3. The Morgan fingerprint density at radius 1 is 1.19 bits per heavy atom. The molecule has 26 heavy (non-hydrogen) atoms. The lowest BCUT2D eigenvalue weighted by Gasteiger charge is -2.10. The van der Waals surface area contributed by atoms with Gasteiger partial charge in [0.2, 0.25) is 5.91 Å². The van der Waals surface area contributed by atoms with E-state index in [-0.39, 0.29) is 11.7 Å². The number of phenols is 1. The van der Waals surface area contributed by atoms with E-state index < -0.39 is 0 Å². The number of rotatable bonds is 8. The minimum atomic E-state index is -0.0392. The van der Waals surface area contributed by atoms with Crippen LogP contribution in [-0.4, -0.2) is 31.4 Å². The van der Waals surface area contributed by atoms with Crippen molar-refractivity contribution in [2.24, 2.45) is 4.99 Å². The summed E-state index contributed by atoms with van der Waals surface area (Å²) in [5.41, 5.74) is 1.78. The number of amides is 1. The molecule has 0 unspecified atom stereocenters. The molecule has 2 aromatic carbocycles. The molecule has 0 saturated carbocycles. The van der Waals surface area contributed by atoms with Crippen LogP contribution in [-0.2, 0) is 4.79 Å².